The molecule has 2 heterocycles. The monoisotopic (exact) mass is 478 g/mol. The van der Waals surface area contributed by atoms with E-state index in [1.807, 2.05) is 0 Å². The molecular weight excluding hydrogens is 456 g/mol. The van der Waals surface area contributed by atoms with Gasteiger partial charge in [0.15, 0.2) is 17.3 Å². The highest BCUT2D eigenvalue weighted by atomic mass is 16.7. The maximum Gasteiger partial charge on any atom is 0.239 e. The number of phenolic OH excluding ortho intramolecular Hbond substituents is 3. The maximum atomic E-state index is 13.1. The van der Waals surface area contributed by atoms with Crippen LogP contribution in [0.2, 0.25) is 0 Å². The number of fused-ring (bicyclic) bond motifs is 1. The van der Waals surface area contributed by atoms with Crippen molar-refractivity contribution in [2.24, 2.45) is 0 Å². The zero-order chi connectivity index (χ0) is 24.7. The van der Waals surface area contributed by atoms with Crippen LogP contribution in [0.5, 0.6) is 28.7 Å². The molecule has 0 amide bonds. The highest BCUT2D eigenvalue weighted by Gasteiger charge is 2.45. The van der Waals surface area contributed by atoms with Crippen LogP contribution in [0, 0.1) is 0 Å². The molecule has 182 valence electrons. The summed E-state index contributed by atoms with van der Waals surface area (Å²) >= 11 is 0. The van der Waals surface area contributed by atoms with Gasteiger partial charge in [-0.1, -0.05) is 0 Å². The predicted octanol–water partition coefficient (Wildman–Crippen LogP) is -0.236. The van der Waals surface area contributed by atoms with Crippen molar-refractivity contribution in [3.8, 4) is 40.1 Å². The van der Waals surface area contributed by atoms with Crippen molar-refractivity contribution >= 4 is 11.0 Å². The first-order valence-corrected chi connectivity index (χ1v) is 10.0. The van der Waals surface area contributed by atoms with Crippen molar-refractivity contribution in [2.75, 3.05) is 13.7 Å². The molecule has 1 aliphatic heterocycles. The van der Waals surface area contributed by atoms with Crippen LogP contribution in [0.1, 0.15) is 0 Å². The van der Waals surface area contributed by atoms with Gasteiger partial charge in [-0.3, -0.25) is 4.79 Å². The van der Waals surface area contributed by atoms with E-state index in [9.17, 15) is 40.5 Å². The van der Waals surface area contributed by atoms with Gasteiger partial charge in [-0.15, -0.1) is 0 Å². The van der Waals surface area contributed by atoms with Gasteiger partial charge >= 0.3 is 0 Å². The first-order valence-electron chi connectivity index (χ1n) is 10.0. The molecule has 0 spiro atoms. The molecule has 1 aliphatic rings. The molecule has 12 heteroatoms. The Kier molecular flexibility index (Phi) is 6.25. The van der Waals surface area contributed by atoms with Gasteiger partial charge in [-0.2, -0.15) is 0 Å². The number of rotatable bonds is 5. The van der Waals surface area contributed by atoms with E-state index in [2.05, 4.69) is 0 Å². The van der Waals surface area contributed by atoms with Gasteiger partial charge in [0.1, 0.15) is 41.1 Å². The van der Waals surface area contributed by atoms with Crippen molar-refractivity contribution in [1.29, 1.82) is 0 Å². The van der Waals surface area contributed by atoms with Crippen LogP contribution >= 0.6 is 0 Å². The average molecular weight is 478 g/mol. The second-order valence-corrected chi connectivity index (χ2v) is 7.60. The summed E-state index contributed by atoms with van der Waals surface area (Å²) in [5.74, 6) is -2.57. The Morgan fingerprint density at radius 2 is 1.65 bits per heavy atom. The Bertz CT molecular complexity index is 1250. The van der Waals surface area contributed by atoms with Gasteiger partial charge in [-0.05, 0) is 24.3 Å². The summed E-state index contributed by atoms with van der Waals surface area (Å²) in [6, 6.07) is 6.66. The molecule has 5 atom stereocenters. The molecule has 12 nitrogen and oxygen atoms in total. The Morgan fingerprint density at radius 1 is 0.971 bits per heavy atom. The minimum absolute atomic E-state index is 0.0175. The smallest absolute Gasteiger partial charge is 0.239 e. The van der Waals surface area contributed by atoms with Crippen LogP contribution < -0.4 is 14.9 Å². The van der Waals surface area contributed by atoms with Crippen LogP contribution in [-0.2, 0) is 4.74 Å². The molecule has 0 radical (unpaired) electrons. The number of hydrogen-bond acceptors (Lipinski definition) is 12. The van der Waals surface area contributed by atoms with Crippen LogP contribution in [0.25, 0.3) is 22.3 Å². The van der Waals surface area contributed by atoms with E-state index >= 15 is 0 Å². The first kappa shape index (κ1) is 23.6. The van der Waals surface area contributed by atoms with E-state index in [0.717, 1.165) is 6.07 Å². The number of hydrogen-bond donors (Lipinski definition) is 7. The largest absolute Gasteiger partial charge is 0.508 e. The standard InChI is InChI=1S/C22H22O12/c1-31-21-16(28)13-11(32-19(21)8-2-4-9(24)5-3-8)6-10(25)20(15(13)27)34-22-18(30)17(29)14(26)12(7-23)33-22/h2-6,12,14,17-18,22-27,29-30H,7H2,1H3. The molecule has 7 N–H and O–H groups in total. The van der Waals surface area contributed by atoms with Crippen LogP contribution in [-0.4, -0.2) is 80.2 Å². The first-order chi connectivity index (χ1) is 16.2. The summed E-state index contributed by atoms with van der Waals surface area (Å²) in [7, 11) is 1.21. The van der Waals surface area contributed by atoms with Gasteiger partial charge < -0.3 is 54.4 Å². The highest BCUT2D eigenvalue weighted by molar-refractivity contribution is 5.91. The minimum Gasteiger partial charge on any atom is -0.508 e. The third-order valence-corrected chi connectivity index (χ3v) is 5.47. The van der Waals surface area contributed by atoms with Gasteiger partial charge in [0.05, 0.1) is 13.7 Å². The summed E-state index contributed by atoms with van der Waals surface area (Å²) in [4.78, 5) is 13.1. The average Bonchev–Trinajstić information content (AvgIpc) is 2.81. The van der Waals surface area contributed by atoms with E-state index in [-0.39, 0.29) is 22.8 Å². The van der Waals surface area contributed by atoms with Crippen molar-refractivity contribution in [3.63, 3.8) is 0 Å². The molecule has 0 saturated carbocycles. The second-order valence-electron chi connectivity index (χ2n) is 7.60. The number of aliphatic hydroxyl groups is 4. The third kappa shape index (κ3) is 3.87. The normalized spacial score (nSPS) is 24.8. The zero-order valence-electron chi connectivity index (χ0n) is 17.7. The van der Waals surface area contributed by atoms with Gasteiger partial charge in [-0.25, -0.2) is 0 Å². The maximum absolute atomic E-state index is 13.1. The fourth-order valence-electron chi connectivity index (χ4n) is 3.67. The fraction of sp³-hybridized carbons (Fsp3) is 0.318. The molecule has 0 aliphatic carbocycles. The number of ether oxygens (including phenoxy) is 3. The highest BCUT2D eigenvalue weighted by Crippen LogP contribution is 2.44. The van der Waals surface area contributed by atoms with Crippen molar-refractivity contribution < 1.29 is 54.4 Å². The van der Waals surface area contributed by atoms with Crippen LogP contribution in [0.4, 0.5) is 0 Å². The third-order valence-electron chi connectivity index (χ3n) is 5.47. The Morgan fingerprint density at radius 3 is 2.26 bits per heavy atom. The molecule has 2 aromatic carbocycles. The van der Waals surface area contributed by atoms with E-state index in [0.29, 0.717) is 5.56 Å². The van der Waals surface area contributed by atoms with Crippen LogP contribution in [0.3, 0.4) is 0 Å². The Balaban J connectivity index is 1.82. The van der Waals surface area contributed by atoms with E-state index in [4.69, 9.17) is 18.6 Å². The molecule has 1 aromatic heterocycles. The number of aromatic hydroxyl groups is 3. The molecule has 34 heavy (non-hydrogen) atoms. The number of benzene rings is 2. The summed E-state index contributed by atoms with van der Waals surface area (Å²) in [6.45, 7) is -0.721. The molecule has 4 rings (SSSR count). The lowest BCUT2D eigenvalue weighted by Crippen LogP contribution is -2.60. The van der Waals surface area contributed by atoms with E-state index in [1.165, 1.54) is 31.4 Å². The predicted molar refractivity (Wildman–Crippen MR) is 114 cm³/mol. The lowest BCUT2D eigenvalue weighted by Gasteiger charge is -2.39. The SMILES string of the molecule is COc1c(-c2ccc(O)cc2)oc2cc(O)c(OC3OC(CO)C(O)C(O)C3O)c(O)c2c1=O. The minimum atomic E-state index is -1.82. The summed E-state index contributed by atoms with van der Waals surface area (Å²) in [5.41, 5.74) is -0.678. The number of phenols is 3. The molecular formula is C22H22O12. The quantitative estimate of drug-likeness (QED) is 0.254. The molecule has 1 fully saturated rings. The molecule has 3 aromatic rings. The van der Waals surface area contributed by atoms with E-state index in [1.54, 1.807) is 0 Å². The van der Waals surface area contributed by atoms with Gasteiger partial charge in [0, 0.05) is 11.6 Å². The number of methoxy groups -OCH3 is 1. The van der Waals surface area contributed by atoms with Gasteiger partial charge in [0.25, 0.3) is 0 Å². The zero-order valence-corrected chi connectivity index (χ0v) is 17.7. The van der Waals surface area contributed by atoms with Crippen molar-refractivity contribution in [3.05, 3.63) is 40.6 Å². The topological polar surface area (TPSA) is 200 Å². The fourth-order valence-corrected chi connectivity index (χ4v) is 3.67. The van der Waals surface area contributed by atoms with Crippen molar-refractivity contribution in [2.45, 2.75) is 30.7 Å². The van der Waals surface area contributed by atoms with Crippen molar-refractivity contribution in [1.82, 2.24) is 0 Å². The van der Waals surface area contributed by atoms with Gasteiger partial charge in [0.2, 0.25) is 23.2 Å². The van der Waals surface area contributed by atoms with Crippen LogP contribution in [0.15, 0.2) is 39.5 Å². The molecule has 0 bridgehead atoms. The lowest BCUT2D eigenvalue weighted by molar-refractivity contribution is -0.277. The summed E-state index contributed by atoms with van der Waals surface area (Å²) in [6.07, 6.45) is -8.26. The lowest BCUT2D eigenvalue weighted by atomic mass is 9.99. The Hall–Kier alpha value is -3.55. The summed E-state index contributed by atoms with van der Waals surface area (Å²) in [5, 5.41) is 69.6. The molecule has 1 saturated heterocycles. The Labute approximate surface area is 191 Å². The molecule has 5 unspecified atom stereocenters. The summed E-state index contributed by atoms with van der Waals surface area (Å²) < 4.78 is 21.5. The number of aliphatic hydroxyl groups excluding tert-OH is 4. The van der Waals surface area contributed by atoms with E-state index < -0.39 is 65.4 Å². The second kappa shape index (κ2) is 9.00.